The number of benzene rings is 1. The number of aromatic nitrogens is 3. The Morgan fingerprint density at radius 2 is 2.00 bits per heavy atom. The van der Waals surface area contributed by atoms with Crippen molar-refractivity contribution in [1.29, 1.82) is 0 Å². The lowest BCUT2D eigenvalue weighted by molar-refractivity contribution is 0.0510. The predicted molar refractivity (Wildman–Crippen MR) is 98.5 cm³/mol. The van der Waals surface area contributed by atoms with Crippen molar-refractivity contribution >= 4 is 37.8 Å². The van der Waals surface area contributed by atoms with Crippen LogP contribution in [0.5, 0.6) is 0 Å². The lowest BCUT2D eigenvalue weighted by Gasteiger charge is -2.20. The van der Waals surface area contributed by atoms with E-state index in [0.717, 1.165) is 11.6 Å². The van der Waals surface area contributed by atoms with E-state index in [9.17, 15) is 13.5 Å². The van der Waals surface area contributed by atoms with Crippen molar-refractivity contribution < 1.29 is 18.4 Å². The average Bonchev–Trinajstić information content (AvgIpc) is 2.84. The fourth-order valence-corrected chi connectivity index (χ4v) is 3.05. The molecular formula is C16H21N5O4S. The van der Waals surface area contributed by atoms with Crippen molar-refractivity contribution in [2.75, 3.05) is 12.0 Å². The summed E-state index contributed by atoms with van der Waals surface area (Å²) in [5.74, 6) is 0.675. The first-order valence-corrected chi connectivity index (χ1v) is 9.78. The Balaban J connectivity index is 2.18. The molecule has 0 fully saturated rings. The summed E-state index contributed by atoms with van der Waals surface area (Å²) >= 11 is 0. The third-order valence-corrected chi connectivity index (χ3v) is 4.07. The van der Waals surface area contributed by atoms with Gasteiger partial charge in [0.1, 0.15) is 17.9 Å². The number of anilines is 1. The molecule has 0 bridgehead atoms. The van der Waals surface area contributed by atoms with Gasteiger partial charge in [-0.3, -0.25) is 4.84 Å². The first-order chi connectivity index (χ1) is 12.1. The minimum absolute atomic E-state index is 0.133. The molecule has 0 atom stereocenters. The smallest absolute Gasteiger partial charge is 0.230 e. The number of para-hydroxylation sites is 1. The third-order valence-electron chi connectivity index (χ3n) is 3.65. The zero-order valence-corrected chi connectivity index (χ0v) is 15.5. The number of hydrogen-bond donors (Lipinski definition) is 3. The van der Waals surface area contributed by atoms with E-state index < -0.39 is 15.6 Å². The second-order valence-electron chi connectivity index (χ2n) is 6.78. The minimum Gasteiger partial charge on any atom is -0.389 e. The maximum Gasteiger partial charge on any atom is 0.230 e. The standard InChI is InChI=1S/C16H21N5O4S/c1-16(2,22)9-21-12(8-25-20-26(3,23)24)19-13-14(21)10-6-4-5-7-11(10)18-15(13)17/h4-7,20,22H,8-9H2,1-3H3,(H2,17,18). The van der Waals surface area contributed by atoms with Gasteiger partial charge in [0.15, 0.2) is 5.82 Å². The Kier molecular flexibility index (Phi) is 4.61. The van der Waals surface area contributed by atoms with Gasteiger partial charge in [0, 0.05) is 5.39 Å². The Bertz CT molecular complexity index is 1070. The van der Waals surface area contributed by atoms with Gasteiger partial charge in [-0.15, -0.1) is 0 Å². The van der Waals surface area contributed by atoms with E-state index in [4.69, 9.17) is 10.6 Å². The molecule has 3 rings (SSSR count). The summed E-state index contributed by atoms with van der Waals surface area (Å²) in [6.45, 7) is 3.43. The van der Waals surface area contributed by atoms with E-state index in [0.29, 0.717) is 22.4 Å². The molecule has 26 heavy (non-hydrogen) atoms. The molecule has 0 unspecified atom stereocenters. The molecule has 0 aliphatic rings. The fraction of sp³-hybridized carbons (Fsp3) is 0.375. The predicted octanol–water partition coefficient (Wildman–Crippen LogP) is 0.918. The van der Waals surface area contributed by atoms with Crippen LogP contribution in [-0.4, -0.2) is 39.9 Å². The van der Waals surface area contributed by atoms with Crippen molar-refractivity contribution in [1.82, 2.24) is 19.4 Å². The van der Waals surface area contributed by atoms with Gasteiger partial charge in [-0.2, -0.15) is 0 Å². The normalized spacial score (nSPS) is 12.9. The summed E-state index contributed by atoms with van der Waals surface area (Å²) in [5, 5.41) is 11.2. The summed E-state index contributed by atoms with van der Waals surface area (Å²) in [7, 11) is -3.51. The highest BCUT2D eigenvalue weighted by atomic mass is 32.2. The SMILES string of the molecule is CC(C)(O)Cn1c(CONS(C)(=O)=O)nc2c(N)nc3ccccc3c21. The molecule has 0 saturated heterocycles. The number of imidazole rings is 1. The number of nitrogens with two attached hydrogens (primary N) is 1. The molecule has 0 aliphatic heterocycles. The number of hydrogen-bond acceptors (Lipinski definition) is 7. The van der Waals surface area contributed by atoms with Gasteiger partial charge in [0.2, 0.25) is 10.0 Å². The summed E-state index contributed by atoms with van der Waals surface area (Å²) < 4.78 is 24.2. The highest BCUT2D eigenvalue weighted by molar-refractivity contribution is 7.88. The van der Waals surface area contributed by atoms with Gasteiger partial charge in [-0.25, -0.2) is 18.4 Å². The van der Waals surface area contributed by atoms with Crippen LogP contribution in [0.25, 0.3) is 21.9 Å². The summed E-state index contributed by atoms with van der Waals surface area (Å²) in [4.78, 5) is 15.9. The monoisotopic (exact) mass is 379 g/mol. The van der Waals surface area contributed by atoms with Crippen LogP contribution >= 0.6 is 0 Å². The first kappa shape index (κ1) is 18.5. The van der Waals surface area contributed by atoms with Crippen LogP contribution in [0.2, 0.25) is 0 Å². The Labute approximate surface area is 150 Å². The van der Waals surface area contributed by atoms with Crippen LogP contribution in [-0.2, 0) is 28.0 Å². The van der Waals surface area contributed by atoms with E-state index >= 15 is 0 Å². The lowest BCUT2D eigenvalue weighted by atomic mass is 10.1. The van der Waals surface area contributed by atoms with Gasteiger partial charge in [-0.1, -0.05) is 23.1 Å². The first-order valence-electron chi connectivity index (χ1n) is 7.89. The number of fused-ring (bicyclic) bond motifs is 3. The quantitative estimate of drug-likeness (QED) is 0.542. The molecule has 1 aromatic carbocycles. The molecule has 9 nitrogen and oxygen atoms in total. The van der Waals surface area contributed by atoms with Crippen LogP contribution < -0.4 is 10.6 Å². The van der Waals surface area contributed by atoms with Crippen LogP contribution in [0.4, 0.5) is 5.82 Å². The lowest BCUT2D eigenvalue weighted by Crippen LogP contribution is -2.28. The van der Waals surface area contributed by atoms with Crippen molar-refractivity contribution in [3.05, 3.63) is 30.1 Å². The molecule has 0 aliphatic carbocycles. The zero-order chi connectivity index (χ0) is 19.1. The second kappa shape index (κ2) is 6.47. The summed E-state index contributed by atoms with van der Waals surface area (Å²) in [5.41, 5.74) is 6.93. The zero-order valence-electron chi connectivity index (χ0n) is 14.7. The Hall–Kier alpha value is -2.27. The molecule has 0 spiro atoms. The number of nitrogen functional groups attached to an aromatic ring is 1. The molecule has 0 radical (unpaired) electrons. The number of sulfonamides is 1. The molecular weight excluding hydrogens is 358 g/mol. The van der Waals surface area contributed by atoms with E-state index in [-0.39, 0.29) is 19.0 Å². The van der Waals surface area contributed by atoms with Gasteiger partial charge in [0.25, 0.3) is 0 Å². The third kappa shape index (κ3) is 3.93. The van der Waals surface area contributed by atoms with Crippen molar-refractivity contribution in [2.45, 2.75) is 32.6 Å². The van der Waals surface area contributed by atoms with Crippen molar-refractivity contribution in [2.24, 2.45) is 0 Å². The maximum absolute atomic E-state index is 11.2. The van der Waals surface area contributed by atoms with Crippen molar-refractivity contribution in [3.8, 4) is 0 Å². The van der Waals surface area contributed by atoms with Crippen LogP contribution in [0.15, 0.2) is 24.3 Å². The van der Waals surface area contributed by atoms with E-state index in [1.54, 1.807) is 18.4 Å². The molecule has 4 N–H and O–H groups in total. The summed E-state index contributed by atoms with van der Waals surface area (Å²) in [6.07, 6.45) is 0.988. The topological polar surface area (TPSA) is 132 Å². The van der Waals surface area contributed by atoms with Gasteiger partial charge in [0.05, 0.1) is 29.4 Å². The molecule has 10 heteroatoms. The fourth-order valence-electron chi connectivity index (χ4n) is 2.77. The molecule has 2 heterocycles. The van der Waals surface area contributed by atoms with Crippen LogP contribution in [0.1, 0.15) is 19.7 Å². The Morgan fingerprint density at radius 3 is 2.65 bits per heavy atom. The van der Waals surface area contributed by atoms with E-state index in [2.05, 4.69) is 9.97 Å². The maximum atomic E-state index is 11.2. The van der Waals surface area contributed by atoms with Gasteiger partial charge < -0.3 is 15.4 Å². The molecule has 2 aromatic heterocycles. The minimum atomic E-state index is -3.51. The van der Waals surface area contributed by atoms with E-state index in [1.807, 2.05) is 29.2 Å². The summed E-state index contributed by atoms with van der Waals surface area (Å²) in [6, 6.07) is 7.47. The second-order valence-corrected chi connectivity index (χ2v) is 8.49. The van der Waals surface area contributed by atoms with Gasteiger partial charge in [-0.05, 0) is 19.9 Å². The number of pyridine rings is 1. The largest absolute Gasteiger partial charge is 0.389 e. The van der Waals surface area contributed by atoms with Crippen LogP contribution in [0.3, 0.4) is 0 Å². The van der Waals surface area contributed by atoms with Crippen LogP contribution in [0, 0.1) is 0 Å². The highest BCUT2D eigenvalue weighted by Crippen LogP contribution is 2.30. The number of nitrogens with zero attached hydrogens (tertiary/aromatic N) is 3. The molecule has 0 amide bonds. The number of aliphatic hydroxyl groups is 1. The molecule has 140 valence electrons. The number of nitrogens with one attached hydrogen (secondary N) is 1. The Morgan fingerprint density at radius 1 is 1.31 bits per heavy atom. The average molecular weight is 379 g/mol. The van der Waals surface area contributed by atoms with Gasteiger partial charge >= 0.3 is 0 Å². The van der Waals surface area contributed by atoms with Crippen molar-refractivity contribution in [3.63, 3.8) is 0 Å². The molecule has 0 saturated carbocycles. The number of rotatable bonds is 6. The highest BCUT2D eigenvalue weighted by Gasteiger charge is 2.22. The molecule has 3 aromatic rings. The van der Waals surface area contributed by atoms with E-state index in [1.165, 1.54) is 0 Å².